The highest BCUT2D eigenvalue weighted by Crippen LogP contribution is 2.23. The van der Waals surface area contributed by atoms with Gasteiger partial charge in [-0.05, 0) is 25.5 Å². The third kappa shape index (κ3) is 3.94. The number of hydrogen-bond donors (Lipinski definition) is 0. The fourth-order valence-corrected chi connectivity index (χ4v) is 2.16. The fraction of sp³-hybridized carbons (Fsp3) is 0.412. The van der Waals surface area contributed by atoms with Crippen molar-refractivity contribution in [3.8, 4) is 0 Å². The van der Waals surface area contributed by atoms with Crippen LogP contribution in [0.15, 0.2) is 36.4 Å². The Morgan fingerprint density at radius 3 is 2.43 bits per heavy atom. The number of nitrogens with zero attached hydrogens (tertiary/aromatic N) is 4. The minimum absolute atomic E-state index is 0.793. The van der Waals surface area contributed by atoms with E-state index in [9.17, 15) is 0 Å². The van der Waals surface area contributed by atoms with E-state index < -0.39 is 0 Å². The van der Waals surface area contributed by atoms with E-state index in [0.717, 1.165) is 36.1 Å². The lowest BCUT2D eigenvalue weighted by atomic mass is 10.3. The Hall–Kier alpha value is -2.10. The van der Waals surface area contributed by atoms with Crippen molar-refractivity contribution in [3.63, 3.8) is 0 Å². The standard InChI is InChI=1S/C17H24N4/c1-5-6-12-20(3)17-18-14(2)13-16(19-17)21(4)15-10-8-7-9-11-15/h7-11,13H,5-6,12H2,1-4H3. The summed E-state index contributed by atoms with van der Waals surface area (Å²) >= 11 is 0. The van der Waals surface area contributed by atoms with Crippen LogP contribution in [0, 0.1) is 6.92 Å². The van der Waals surface area contributed by atoms with Crippen LogP contribution in [-0.2, 0) is 0 Å². The molecule has 0 saturated carbocycles. The van der Waals surface area contributed by atoms with Crippen molar-refractivity contribution < 1.29 is 0 Å². The van der Waals surface area contributed by atoms with E-state index in [1.54, 1.807) is 0 Å². The van der Waals surface area contributed by atoms with Gasteiger partial charge in [0.05, 0.1) is 0 Å². The Kier molecular flexibility index (Phi) is 5.14. The smallest absolute Gasteiger partial charge is 0.227 e. The second kappa shape index (κ2) is 7.07. The van der Waals surface area contributed by atoms with Gasteiger partial charge in [-0.2, -0.15) is 4.98 Å². The van der Waals surface area contributed by atoms with E-state index in [1.807, 2.05) is 38.2 Å². The molecule has 4 nitrogen and oxygen atoms in total. The molecule has 2 aromatic rings. The molecule has 0 atom stereocenters. The molecule has 0 aliphatic heterocycles. The predicted octanol–water partition coefficient (Wildman–Crippen LogP) is 3.79. The highest BCUT2D eigenvalue weighted by atomic mass is 15.3. The minimum atomic E-state index is 0.793. The molecular weight excluding hydrogens is 260 g/mol. The van der Waals surface area contributed by atoms with Crippen molar-refractivity contribution in [1.29, 1.82) is 0 Å². The van der Waals surface area contributed by atoms with Gasteiger partial charge < -0.3 is 9.80 Å². The number of anilines is 3. The maximum Gasteiger partial charge on any atom is 0.227 e. The van der Waals surface area contributed by atoms with Crippen LogP contribution in [0.5, 0.6) is 0 Å². The molecule has 0 spiro atoms. The predicted molar refractivity (Wildman–Crippen MR) is 89.5 cm³/mol. The summed E-state index contributed by atoms with van der Waals surface area (Å²) in [4.78, 5) is 13.5. The van der Waals surface area contributed by atoms with Crippen LogP contribution in [-0.4, -0.2) is 30.6 Å². The molecule has 0 aliphatic rings. The largest absolute Gasteiger partial charge is 0.344 e. The van der Waals surface area contributed by atoms with Gasteiger partial charge in [-0.25, -0.2) is 4.98 Å². The van der Waals surface area contributed by atoms with Crippen LogP contribution in [0.3, 0.4) is 0 Å². The van der Waals surface area contributed by atoms with Crippen LogP contribution in [0.2, 0.25) is 0 Å². The number of rotatable bonds is 6. The normalized spacial score (nSPS) is 10.5. The van der Waals surface area contributed by atoms with E-state index in [4.69, 9.17) is 4.98 Å². The summed E-state index contributed by atoms with van der Waals surface area (Å²) < 4.78 is 0. The van der Waals surface area contributed by atoms with Gasteiger partial charge in [-0.1, -0.05) is 31.5 Å². The number of aryl methyl sites for hydroxylation is 1. The average molecular weight is 284 g/mol. The molecule has 4 heteroatoms. The van der Waals surface area contributed by atoms with Gasteiger partial charge in [-0.15, -0.1) is 0 Å². The van der Waals surface area contributed by atoms with Gasteiger partial charge in [0.25, 0.3) is 0 Å². The lowest BCUT2D eigenvalue weighted by Crippen LogP contribution is -2.22. The van der Waals surface area contributed by atoms with E-state index >= 15 is 0 Å². The summed E-state index contributed by atoms with van der Waals surface area (Å²) in [5.74, 6) is 1.72. The van der Waals surface area contributed by atoms with Gasteiger partial charge in [0.15, 0.2) is 0 Å². The third-order valence-electron chi connectivity index (χ3n) is 3.50. The number of unbranched alkanes of at least 4 members (excludes halogenated alkanes) is 1. The zero-order chi connectivity index (χ0) is 15.2. The van der Waals surface area contributed by atoms with Gasteiger partial charge in [0.2, 0.25) is 5.95 Å². The van der Waals surface area contributed by atoms with Crippen molar-refractivity contribution in [2.75, 3.05) is 30.4 Å². The molecule has 0 saturated heterocycles. The monoisotopic (exact) mass is 284 g/mol. The molecule has 1 aromatic heterocycles. The Morgan fingerprint density at radius 2 is 1.76 bits per heavy atom. The van der Waals surface area contributed by atoms with Crippen LogP contribution in [0.25, 0.3) is 0 Å². The third-order valence-corrected chi connectivity index (χ3v) is 3.50. The summed E-state index contributed by atoms with van der Waals surface area (Å²) in [6, 6.07) is 12.3. The topological polar surface area (TPSA) is 32.3 Å². The number of hydrogen-bond acceptors (Lipinski definition) is 4. The summed E-state index contributed by atoms with van der Waals surface area (Å²) in [5, 5.41) is 0. The molecule has 21 heavy (non-hydrogen) atoms. The number of aromatic nitrogens is 2. The summed E-state index contributed by atoms with van der Waals surface area (Å²) in [6.07, 6.45) is 2.32. The molecule has 0 amide bonds. The molecule has 112 valence electrons. The zero-order valence-corrected chi connectivity index (χ0v) is 13.4. The van der Waals surface area contributed by atoms with E-state index in [1.165, 1.54) is 6.42 Å². The molecule has 0 radical (unpaired) electrons. The zero-order valence-electron chi connectivity index (χ0n) is 13.4. The highest BCUT2D eigenvalue weighted by Gasteiger charge is 2.11. The van der Waals surface area contributed by atoms with Gasteiger partial charge >= 0.3 is 0 Å². The quantitative estimate of drug-likeness (QED) is 0.808. The van der Waals surface area contributed by atoms with Crippen molar-refractivity contribution >= 4 is 17.5 Å². The van der Waals surface area contributed by atoms with Crippen LogP contribution in [0.4, 0.5) is 17.5 Å². The Bertz CT molecular complexity index is 568. The molecule has 0 bridgehead atoms. The summed E-state index contributed by atoms with van der Waals surface area (Å²) in [7, 11) is 4.09. The summed E-state index contributed by atoms with van der Waals surface area (Å²) in [6.45, 7) is 5.19. The Morgan fingerprint density at radius 1 is 1.05 bits per heavy atom. The molecule has 0 unspecified atom stereocenters. The average Bonchev–Trinajstić information content (AvgIpc) is 2.52. The highest BCUT2D eigenvalue weighted by molar-refractivity contribution is 5.60. The maximum atomic E-state index is 4.70. The van der Waals surface area contributed by atoms with Crippen LogP contribution < -0.4 is 9.80 Å². The molecule has 0 aliphatic carbocycles. The molecular formula is C17H24N4. The first kappa shape index (κ1) is 15.3. The van der Waals surface area contributed by atoms with Crippen molar-refractivity contribution in [2.45, 2.75) is 26.7 Å². The fourth-order valence-electron chi connectivity index (χ4n) is 2.16. The molecule has 1 aromatic carbocycles. The van der Waals surface area contributed by atoms with Crippen molar-refractivity contribution in [2.24, 2.45) is 0 Å². The van der Waals surface area contributed by atoms with Gasteiger partial charge in [0.1, 0.15) is 5.82 Å². The van der Waals surface area contributed by atoms with E-state index in [0.29, 0.717) is 0 Å². The number of benzene rings is 1. The molecule has 0 fully saturated rings. The first-order chi connectivity index (χ1) is 10.1. The van der Waals surface area contributed by atoms with Crippen molar-refractivity contribution in [3.05, 3.63) is 42.1 Å². The number of para-hydroxylation sites is 1. The van der Waals surface area contributed by atoms with E-state index in [2.05, 4.69) is 40.9 Å². The Balaban J connectivity index is 2.26. The summed E-state index contributed by atoms with van der Waals surface area (Å²) in [5.41, 5.74) is 2.11. The van der Waals surface area contributed by atoms with E-state index in [-0.39, 0.29) is 0 Å². The van der Waals surface area contributed by atoms with Gasteiger partial charge in [0, 0.05) is 38.1 Å². The van der Waals surface area contributed by atoms with Crippen LogP contribution in [0.1, 0.15) is 25.5 Å². The maximum absolute atomic E-state index is 4.70. The lowest BCUT2D eigenvalue weighted by Gasteiger charge is -2.22. The van der Waals surface area contributed by atoms with Crippen molar-refractivity contribution in [1.82, 2.24) is 9.97 Å². The molecule has 0 N–H and O–H groups in total. The van der Waals surface area contributed by atoms with Gasteiger partial charge in [-0.3, -0.25) is 0 Å². The SMILES string of the molecule is CCCCN(C)c1nc(C)cc(N(C)c2ccccc2)n1. The Labute approximate surface area is 127 Å². The first-order valence-electron chi connectivity index (χ1n) is 7.47. The van der Waals surface area contributed by atoms with Crippen LogP contribution >= 0.6 is 0 Å². The molecule has 2 rings (SSSR count). The lowest BCUT2D eigenvalue weighted by molar-refractivity contribution is 0.748. The second-order valence-electron chi connectivity index (χ2n) is 5.34. The first-order valence-corrected chi connectivity index (χ1v) is 7.47. The molecule has 1 heterocycles. The minimum Gasteiger partial charge on any atom is -0.344 e. The second-order valence-corrected chi connectivity index (χ2v) is 5.34.